The highest BCUT2D eigenvalue weighted by Crippen LogP contribution is 2.20. The van der Waals surface area contributed by atoms with Gasteiger partial charge in [-0.25, -0.2) is 0 Å². The van der Waals surface area contributed by atoms with Gasteiger partial charge < -0.3 is 15.0 Å². The van der Waals surface area contributed by atoms with E-state index in [1.807, 2.05) is 45.0 Å². The molecule has 0 saturated heterocycles. The lowest BCUT2D eigenvalue weighted by atomic mass is 10.0. The lowest BCUT2D eigenvalue weighted by molar-refractivity contribution is -0.147. The number of esters is 1. The van der Waals surface area contributed by atoms with E-state index < -0.39 is 0 Å². The third kappa shape index (κ3) is 3.95. The Hall–Kier alpha value is -2.14. The minimum Gasteiger partial charge on any atom is -0.463 e. The molecule has 0 aliphatic rings. The first-order valence-corrected chi connectivity index (χ1v) is 7.52. The van der Waals surface area contributed by atoms with E-state index in [-0.39, 0.29) is 23.7 Å². The summed E-state index contributed by atoms with van der Waals surface area (Å²) in [5.41, 5.74) is 0.916. The van der Waals surface area contributed by atoms with Crippen LogP contribution in [0.3, 0.4) is 0 Å². The second-order valence-corrected chi connectivity index (χ2v) is 5.58. The maximum atomic E-state index is 11.8. The van der Waals surface area contributed by atoms with Crippen LogP contribution in [0.1, 0.15) is 38.8 Å². The third-order valence-corrected chi connectivity index (χ3v) is 3.45. The molecule has 5 heteroatoms. The highest BCUT2D eigenvalue weighted by atomic mass is 16.5. The van der Waals surface area contributed by atoms with E-state index in [1.54, 1.807) is 6.20 Å². The van der Waals surface area contributed by atoms with Crippen molar-refractivity contribution in [2.45, 2.75) is 39.3 Å². The van der Waals surface area contributed by atoms with Crippen LogP contribution in [0.4, 0.5) is 0 Å². The van der Waals surface area contributed by atoms with Gasteiger partial charge in [0.1, 0.15) is 0 Å². The summed E-state index contributed by atoms with van der Waals surface area (Å²) < 4.78 is 5.10. The van der Waals surface area contributed by atoms with Crippen LogP contribution in [-0.2, 0) is 9.53 Å². The average Bonchev–Trinajstić information content (AvgIpc) is 2.47. The summed E-state index contributed by atoms with van der Waals surface area (Å²) >= 11 is 0. The standard InChI is InChI=1S/C17H22N2O3/c1-11(2)22-16(20)8-9-18-12(3)15-10-19-17(21)14-7-5-4-6-13(14)15/h4-7,10-12,18H,8-9H2,1-3H3,(H,19,21). The van der Waals surface area contributed by atoms with Crippen LogP contribution in [0.5, 0.6) is 0 Å². The Morgan fingerprint density at radius 1 is 1.23 bits per heavy atom. The number of carbonyl (C=O) groups excluding carboxylic acids is 1. The zero-order valence-electron chi connectivity index (χ0n) is 13.2. The van der Waals surface area contributed by atoms with Crippen molar-refractivity contribution in [3.8, 4) is 0 Å². The van der Waals surface area contributed by atoms with Crippen LogP contribution in [0.15, 0.2) is 35.3 Å². The molecule has 0 saturated carbocycles. The van der Waals surface area contributed by atoms with Gasteiger partial charge in [0.2, 0.25) is 0 Å². The molecule has 1 unspecified atom stereocenters. The molecule has 0 amide bonds. The fraction of sp³-hybridized carbons (Fsp3) is 0.412. The molecule has 2 N–H and O–H groups in total. The van der Waals surface area contributed by atoms with Crippen LogP contribution < -0.4 is 10.9 Å². The van der Waals surface area contributed by atoms with Crippen LogP contribution in [0.25, 0.3) is 10.8 Å². The fourth-order valence-electron chi connectivity index (χ4n) is 2.41. The minimum absolute atomic E-state index is 0.0219. The van der Waals surface area contributed by atoms with Crippen molar-refractivity contribution >= 4 is 16.7 Å². The molecule has 0 bridgehead atoms. The zero-order valence-corrected chi connectivity index (χ0v) is 13.2. The van der Waals surface area contributed by atoms with Crippen LogP contribution >= 0.6 is 0 Å². The molecule has 118 valence electrons. The van der Waals surface area contributed by atoms with E-state index >= 15 is 0 Å². The first-order valence-electron chi connectivity index (χ1n) is 7.52. The summed E-state index contributed by atoms with van der Waals surface area (Å²) in [7, 11) is 0. The summed E-state index contributed by atoms with van der Waals surface area (Å²) in [4.78, 5) is 26.1. The van der Waals surface area contributed by atoms with Gasteiger partial charge in [-0.2, -0.15) is 0 Å². The number of aromatic amines is 1. The lowest BCUT2D eigenvalue weighted by Gasteiger charge is -2.16. The molecule has 0 aliphatic carbocycles. The number of ether oxygens (including phenoxy) is 1. The van der Waals surface area contributed by atoms with Crippen molar-refractivity contribution in [3.63, 3.8) is 0 Å². The van der Waals surface area contributed by atoms with Gasteiger partial charge in [-0.1, -0.05) is 18.2 Å². The average molecular weight is 302 g/mol. The van der Waals surface area contributed by atoms with Gasteiger partial charge in [0, 0.05) is 24.2 Å². The maximum absolute atomic E-state index is 11.8. The molecular formula is C17H22N2O3. The molecule has 0 aliphatic heterocycles. The first kappa shape index (κ1) is 16.2. The monoisotopic (exact) mass is 302 g/mol. The van der Waals surface area contributed by atoms with Gasteiger partial charge in [0.25, 0.3) is 5.56 Å². The summed E-state index contributed by atoms with van der Waals surface area (Å²) in [6, 6.07) is 7.53. The van der Waals surface area contributed by atoms with Gasteiger partial charge in [-0.15, -0.1) is 0 Å². The number of pyridine rings is 1. The van der Waals surface area contributed by atoms with Gasteiger partial charge in [-0.05, 0) is 37.8 Å². The summed E-state index contributed by atoms with van der Waals surface area (Å²) in [5.74, 6) is -0.207. The fourth-order valence-corrected chi connectivity index (χ4v) is 2.41. The van der Waals surface area contributed by atoms with Gasteiger partial charge >= 0.3 is 5.97 Å². The molecule has 0 radical (unpaired) electrons. The summed E-state index contributed by atoms with van der Waals surface area (Å²) in [6.45, 7) is 6.20. The number of hydrogen-bond donors (Lipinski definition) is 2. The maximum Gasteiger partial charge on any atom is 0.307 e. The second kappa shape index (κ2) is 7.22. The van der Waals surface area contributed by atoms with Crippen LogP contribution in [0, 0.1) is 0 Å². The predicted octanol–water partition coefficient (Wildman–Crippen LogP) is 2.52. The number of hydrogen-bond acceptors (Lipinski definition) is 4. The van der Waals surface area contributed by atoms with Crippen molar-refractivity contribution in [1.82, 2.24) is 10.3 Å². The Morgan fingerprint density at radius 2 is 1.91 bits per heavy atom. The Bertz CT molecular complexity index is 706. The van der Waals surface area contributed by atoms with Crippen molar-refractivity contribution < 1.29 is 9.53 Å². The number of carbonyl (C=O) groups is 1. The predicted molar refractivity (Wildman–Crippen MR) is 86.8 cm³/mol. The van der Waals surface area contributed by atoms with E-state index in [0.29, 0.717) is 18.4 Å². The number of H-pyrrole nitrogens is 1. The van der Waals surface area contributed by atoms with Gasteiger partial charge in [0.05, 0.1) is 12.5 Å². The molecular weight excluding hydrogens is 280 g/mol. The van der Waals surface area contributed by atoms with E-state index in [1.165, 1.54) is 0 Å². The number of rotatable bonds is 6. The molecule has 5 nitrogen and oxygen atoms in total. The Morgan fingerprint density at radius 3 is 2.59 bits per heavy atom. The molecule has 0 fully saturated rings. The van der Waals surface area contributed by atoms with Crippen LogP contribution in [-0.4, -0.2) is 23.6 Å². The molecule has 1 aromatic carbocycles. The molecule has 2 rings (SSSR count). The van der Waals surface area contributed by atoms with E-state index in [9.17, 15) is 9.59 Å². The van der Waals surface area contributed by atoms with E-state index in [0.717, 1.165) is 10.9 Å². The summed E-state index contributed by atoms with van der Waals surface area (Å²) in [6.07, 6.45) is 1.96. The Kier molecular flexibility index (Phi) is 5.33. The highest BCUT2D eigenvalue weighted by Gasteiger charge is 2.12. The molecule has 2 aromatic rings. The molecule has 22 heavy (non-hydrogen) atoms. The van der Waals surface area contributed by atoms with Crippen molar-refractivity contribution in [1.29, 1.82) is 0 Å². The smallest absolute Gasteiger partial charge is 0.307 e. The molecule has 1 atom stereocenters. The number of aromatic nitrogens is 1. The molecule has 1 aromatic heterocycles. The number of benzene rings is 1. The molecule has 1 heterocycles. The lowest BCUT2D eigenvalue weighted by Crippen LogP contribution is -2.24. The van der Waals surface area contributed by atoms with Gasteiger partial charge in [0.15, 0.2) is 0 Å². The molecule has 0 spiro atoms. The normalized spacial score (nSPS) is 12.5. The zero-order chi connectivity index (χ0) is 16.1. The van der Waals surface area contributed by atoms with Crippen molar-refractivity contribution in [2.75, 3.05) is 6.54 Å². The number of fused-ring (bicyclic) bond motifs is 1. The van der Waals surface area contributed by atoms with E-state index in [2.05, 4.69) is 10.3 Å². The van der Waals surface area contributed by atoms with Gasteiger partial charge in [-0.3, -0.25) is 9.59 Å². The Labute approximate surface area is 129 Å². The Balaban J connectivity index is 2.05. The van der Waals surface area contributed by atoms with E-state index in [4.69, 9.17) is 4.74 Å². The largest absolute Gasteiger partial charge is 0.463 e. The number of nitrogens with one attached hydrogen (secondary N) is 2. The highest BCUT2D eigenvalue weighted by molar-refractivity contribution is 5.84. The van der Waals surface area contributed by atoms with Crippen molar-refractivity contribution in [2.24, 2.45) is 0 Å². The summed E-state index contributed by atoms with van der Waals surface area (Å²) in [5, 5.41) is 4.89. The first-order chi connectivity index (χ1) is 10.5. The SMILES string of the molecule is CC(C)OC(=O)CCNC(C)c1c[nH]c(=O)c2ccccc12. The third-order valence-electron chi connectivity index (χ3n) is 3.45. The quantitative estimate of drug-likeness (QED) is 0.804. The second-order valence-electron chi connectivity index (χ2n) is 5.58. The van der Waals surface area contributed by atoms with Crippen molar-refractivity contribution in [3.05, 3.63) is 46.4 Å². The topological polar surface area (TPSA) is 71.2 Å². The van der Waals surface area contributed by atoms with Crippen LogP contribution in [0.2, 0.25) is 0 Å². The minimum atomic E-state index is -0.207.